The van der Waals surface area contributed by atoms with Gasteiger partial charge in [0.2, 0.25) is 5.54 Å². The number of aryl methyl sites for hydroxylation is 2. The zero-order chi connectivity index (χ0) is 17.4. The van der Waals surface area contributed by atoms with Crippen molar-refractivity contribution in [1.82, 2.24) is 10.6 Å². The summed E-state index contributed by atoms with van der Waals surface area (Å²) in [7, 11) is 0. The third-order valence-electron chi connectivity index (χ3n) is 3.71. The normalized spacial score (nSPS) is 21.7. The van der Waals surface area contributed by atoms with Gasteiger partial charge in [-0.1, -0.05) is 0 Å². The van der Waals surface area contributed by atoms with Crippen molar-refractivity contribution in [3.63, 3.8) is 0 Å². The Morgan fingerprint density at radius 1 is 1.22 bits per heavy atom. The van der Waals surface area contributed by atoms with Gasteiger partial charge in [0.15, 0.2) is 0 Å². The molecule has 0 unspecified atom stereocenters. The molecule has 0 spiro atoms. The Hall–Kier alpha value is -2.09. The van der Waals surface area contributed by atoms with Gasteiger partial charge >= 0.3 is 12.1 Å². The first kappa shape index (κ1) is 17.3. The Kier molecular flexibility index (Phi) is 4.39. The van der Waals surface area contributed by atoms with Crippen molar-refractivity contribution >= 4 is 11.9 Å². The molecule has 1 heterocycles. The summed E-state index contributed by atoms with van der Waals surface area (Å²) >= 11 is 0. The highest BCUT2D eigenvalue weighted by Gasteiger charge is 2.62. The second-order valence-corrected chi connectivity index (χ2v) is 5.46. The molecule has 0 aliphatic carbocycles. The standard InChI is InChI=1S/C15H17F3N2O3/c1-8-6-11(7-9(2)12(8)23-10(3)21)14(15(16,17)18)13(22)19-4-5-20-14/h6-7,20H,4-5H2,1-3H3,(H,19,22)/t14-/m1/s1. The van der Waals surface area contributed by atoms with E-state index < -0.39 is 23.6 Å². The maximum Gasteiger partial charge on any atom is 0.419 e. The molecule has 2 rings (SSSR count). The van der Waals surface area contributed by atoms with E-state index in [2.05, 4.69) is 10.6 Å². The number of ether oxygens (including phenoxy) is 1. The van der Waals surface area contributed by atoms with Crippen LogP contribution in [0, 0.1) is 13.8 Å². The molecule has 2 N–H and O–H groups in total. The van der Waals surface area contributed by atoms with Crippen molar-refractivity contribution in [2.75, 3.05) is 13.1 Å². The quantitative estimate of drug-likeness (QED) is 0.640. The Bertz CT molecular complexity index is 635. The molecule has 23 heavy (non-hydrogen) atoms. The highest BCUT2D eigenvalue weighted by Crippen LogP contribution is 2.42. The van der Waals surface area contributed by atoms with Gasteiger partial charge in [0.05, 0.1) is 0 Å². The second kappa shape index (κ2) is 5.84. The van der Waals surface area contributed by atoms with Crippen molar-refractivity contribution in [2.24, 2.45) is 0 Å². The fraction of sp³-hybridized carbons (Fsp3) is 0.467. The number of nitrogens with one attached hydrogen (secondary N) is 2. The zero-order valence-corrected chi connectivity index (χ0v) is 12.9. The number of hydrogen-bond donors (Lipinski definition) is 2. The lowest BCUT2D eigenvalue weighted by Crippen LogP contribution is -2.67. The van der Waals surface area contributed by atoms with Crippen LogP contribution < -0.4 is 15.4 Å². The summed E-state index contributed by atoms with van der Waals surface area (Å²) in [4.78, 5) is 23.2. The van der Waals surface area contributed by atoms with Gasteiger partial charge in [-0.25, -0.2) is 0 Å². The molecule has 5 nitrogen and oxygen atoms in total. The first-order valence-corrected chi connectivity index (χ1v) is 7.00. The number of halogens is 3. The largest absolute Gasteiger partial charge is 0.426 e. The lowest BCUT2D eigenvalue weighted by atomic mass is 9.84. The van der Waals surface area contributed by atoms with Crippen LogP contribution in [0.25, 0.3) is 0 Å². The lowest BCUT2D eigenvalue weighted by molar-refractivity contribution is -0.206. The van der Waals surface area contributed by atoms with E-state index in [4.69, 9.17) is 4.74 Å². The zero-order valence-electron chi connectivity index (χ0n) is 12.9. The highest BCUT2D eigenvalue weighted by atomic mass is 19.4. The van der Waals surface area contributed by atoms with E-state index in [1.807, 2.05) is 0 Å². The van der Waals surface area contributed by atoms with E-state index in [-0.39, 0.29) is 24.4 Å². The summed E-state index contributed by atoms with van der Waals surface area (Å²) in [5.41, 5.74) is -2.35. The van der Waals surface area contributed by atoms with Crippen molar-refractivity contribution < 1.29 is 27.5 Å². The van der Waals surface area contributed by atoms with Crippen LogP contribution in [-0.2, 0) is 15.1 Å². The topological polar surface area (TPSA) is 67.4 Å². The predicted molar refractivity (Wildman–Crippen MR) is 76.0 cm³/mol. The van der Waals surface area contributed by atoms with Gasteiger partial charge in [-0.05, 0) is 42.7 Å². The molecule has 1 atom stereocenters. The van der Waals surface area contributed by atoms with Crippen molar-refractivity contribution in [1.29, 1.82) is 0 Å². The van der Waals surface area contributed by atoms with Gasteiger partial charge in [-0.15, -0.1) is 0 Å². The summed E-state index contributed by atoms with van der Waals surface area (Å²) in [6, 6.07) is 2.44. The molecule has 1 aliphatic rings. The molecular formula is C15H17F3N2O3. The Labute approximate surface area is 131 Å². The SMILES string of the molecule is CC(=O)Oc1c(C)cc([C@@]2(C(F)(F)F)NCCNC2=O)cc1C. The maximum atomic E-state index is 13.7. The summed E-state index contributed by atoms with van der Waals surface area (Å²) in [6.45, 7) is 4.38. The monoisotopic (exact) mass is 330 g/mol. The second-order valence-electron chi connectivity index (χ2n) is 5.46. The number of hydrogen-bond acceptors (Lipinski definition) is 4. The van der Waals surface area contributed by atoms with Gasteiger partial charge in [0, 0.05) is 20.0 Å². The van der Waals surface area contributed by atoms with Crippen LogP contribution in [0.5, 0.6) is 5.75 Å². The number of esters is 1. The third kappa shape index (κ3) is 2.90. The van der Waals surface area contributed by atoms with E-state index in [0.717, 1.165) is 0 Å². The van der Waals surface area contributed by atoms with Gasteiger partial charge in [-0.2, -0.15) is 13.2 Å². The number of carbonyl (C=O) groups excluding carboxylic acids is 2. The van der Waals surface area contributed by atoms with Crippen LogP contribution in [0.15, 0.2) is 12.1 Å². The first-order valence-electron chi connectivity index (χ1n) is 7.00. The van der Waals surface area contributed by atoms with Crippen molar-refractivity contribution in [3.8, 4) is 5.75 Å². The van der Waals surface area contributed by atoms with Gasteiger partial charge in [0.25, 0.3) is 5.91 Å². The minimum Gasteiger partial charge on any atom is -0.426 e. The minimum absolute atomic E-state index is 0.00492. The molecule has 0 bridgehead atoms. The van der Waals surface area contributed by atoms with E-state index in [0.29, 0.717) is 11.1 Å². The number of rotatable bonds is 2. The number of amides is 1. The van der Waals surface area contributed by atoms with Crippen LogP contribution in [-0.4, -0.2) is 31.1 Å². The van der Waals surface area contributed by atoms with E-state index >= 15 is 0 Å². The average Bonchev–Trinajstić information content (AvgIpc) is 2.41. The Morgan fingerprint density at radius 2 is 1.78 bits per heavy atom. The molecule has 1 aromatic carbocycles. The van der Waals surface area contributed by atoms with Gasteiger partial charge in [0.1, 0.15) is 5.75 Å². The van der Waals surface area contributed by atoms with Crippen LogP contribution >= 0.6 is 0 Å². The Balaban J connectivity index is 2.62. The summed E-state index contributed by atoms with van der Waals surface area (Å²) in [5, 5.41) is 4.57. The number of carbonyl (C=O) groups is 2. The van der Waals surface area contributed by atoms with Crippen LogP contribution in [0.2, 0.25) is 0 Å². The average molecular weight is 330 g/mol. The number of piperazine rings is 1. The molecule has 1 saturated heterocycles. The fourth-order valence-electron chi connectivity index (χ4n) is 2.74. The van der Waals surface area contributed by atoms with E-state index in [9.17, 15) is 22.8 Å². The Morgan fingerprint density at radius 3 is 2.22 bits per heavy atom. The third-order valence-corrected chi connectivity index (χ3v) is 3.71. The van der Waals surface area contributed by atoms with Gasteiger partial charge in [-0.3, -0.25) is 14.9 Å². The minimum atomic E-state index is -4.82. The molecule has 1 fully saturated rings. The predicted octanol–water partition coefficient (Wildman–Crippen LogP) is 1.71. The van der Waals surface area contributed by atoms with E-state index in [1.165, 1.54) is 32.9 Å². The molecular weight excluding hydrogens is 313 g/mol. The molecule has 8 heteroatoms. The molecule has 1 amide bonds. The van der Waals surface area contributed by atoms with Crippen molar-refractivity contribution in [3.05, 3.63) is 28.8 Å². The molecule has 1 aliphatic heterocycles. The van der Waals surface area contributed by atoms with Crippen LogP contribution in [0.3, 0.4) is 0 Å². The lowest BCUT2D eigenvalue weighted by Gasteiger charge is -2.39. The molecule has 1 aromatic rings. The van der Waals surface area contributed by atoms with E-state index in [1.54, 1.807) is 0 Å². The highest BCUT2D eigenvalue weighted by molar-refractivity contribution is 5.89. The summed E-state index contributed by atoms with van der Waals surface area (Å²) < 4.78 is 46.1. The summed E-state index contributed by atoms with van der Waals surface area (Å²) in [6.07, 6.45) is -4.82. The molecule has 0 aromatic heterocycles. The maximum absolute atomic E-state index is 13.7. The summed E-state index contributed by atoms with van der Waals surface area (Å²) in [5.74, 6) is -1.51. The number of benzene rings is 1. The molecule has 0 saturated carbocycles. The van der Waals surface area contributed by atoms with Crippen molar-refractivity contribution in [2.45, 2.75) is 32.5 Å². The fourth-order valence-corrected chi connectivity index (χ4v) is 2.74. The first-order chi connectivity index (χ1) is 10.6. The van der Waals surface area contributed by atoms with Gasteiger partial charge < -0.3 is 10.1 Å². The smallest absolute Gasteiger partial charge is 0.419 e. The van der Waals surface area contributed by atoms with Crippen LogP contribution in [0.4, 0.5) is 13.2 Å². The molecule has 0 radical (unpaired) electrons. The van der Waals surface area contributed by atoms with Crippen LogP contribution in [0.1, 0.15) is 23.6 Å². The molecule has 126 valence electrons. The number of alkyl halides is 3.